The fourth-order valence-electron chi connectivity index (χ4n) is 4.22. The lowest BCUT2D eigenvalue weighted by Gasteiger charge is -2.16. The molecule has 0 aromatic heterocycles. The van der Waals surface area contributed by atoms with E-state index in [4.69, 9.17) is 10.2 Å². The molecule has 0 unspecified atom stereocenters. The predicted octanol–water partition coefficient (Wildman–Crippen LogP) is 1.00. The van der Waals surface area contributed by atoms with Gasteiger partial charge in [0.1, 0.15) is 0 Å². The molecule has 14 heteroatoms. The summed E-state index contributed by atoms with van der Waals surface area (Å²) in [5, 5.41) is 22.6. The maximum atomic E-state index is 10.9. The summed E-state index contributed by atoms with van der Waals surface area (Å²) >= 11 is 0. The van der Waals surface area contributed by atoms with E-state index in [0.717, 1.165) is 51.4 Å². The number of amides is 4. The molecule has 0 aliphatic carbocycles. The van der Waals surface area contributed by atoms with Crippen molar-refractivity contribution in [1.29, 1.82) is 0 Å². The quantitative estimate of drug-likeness (QED) is 0.370. The molecule has 0 spiro atoms. The molecule has 4 rings (SSSR count). The molecule has 10 nitrogen and oxygen atoms in total. The van der Waals surface area contributed by atoms with E-state index in [-0.39, 0.29) is 97.0 Å². The van der Waals surface area contributed by atoms with Gasteiger partial charge in [-0.25, -0.2) is 0 Å². The van der Waals surface area contributed by atoms with Gasteiger partial charge in [-0.05, 0) is 38.5 Å². The third-order valence-corrected chi connectivity index (χ3v) is 6.83. The zero-order valence-corrected chi connectivity index (χ0v) is 27.2. The van der Waals surface area contributed by atoms with Crippen LogP contribution in [0.15, 0.2) is 0 Å². The van der Waals surface area contributed by atoms with Crippen molar-refractivity contribution < 1.29 is 29.4 Å². The lowest BCUT2D eigenvalue weighted by Crippen LogP contribution is -2.31. The Morgan fingerprint density at radius 2 is 1.05 bits per heavy atom. The number of nitrogens with one attached hydrogen (secondary N) is 2. The van der Waals surface area contributed by atoms with Crippen LogP contribution in [-0.2, 0) is 19.2 Å². The first kappa shape index (κ1) is 44.2. The fraction of sp³-hybridized carbons (Fsp3) is 0.833. The molecular formula is C24H52N4O6S4. The molecular weight excluding hydrogens is 569 g/mol. The number of rotatable bonds is 4. The Hall–Kier alpha value is -0.800. The topological polar surface area (TPSA) is 139 Å². The van der Waals surface area contributed by atoms with Gasteiger partial charge in [0.25, 0.3) is 0 Å². The minimum Gasteiger partial charge on any atom is -0.394 e. The van der Waals surface area contributed by atoms with Crippen LogP contribution in [0, 0.1) is 0 Å². The first-order valence-electron chi connectivity index (χ1n) is 12.5. The summed E-state index contributed by atoms with van der Waals surface area (Å²) in [6, 6.07) is 1.11. The van der Waals surface area contributed by atoms with Crippen molar-refractivity contribution in [3.63, 3.8) is 0 Å². The molecule has 0 radical (unpaired) electrons. The van der Waals surface area contributed by atoms with E-state index < -0.39 is 0 Å². The molecule has 4 aliphatic rings. The van der Waals surface area contributed by atoms with E-state index in [1.54, 1.807) is 11.9 Å². The zero-order valence-electron chi connectivity index (χ0n) is 23.2. The second-order valence-corrected chi connectivity index (χ2v) is 9.18. The van der Waals surface area contributed by atoms with Crippen molar-refractivity contribution in [3.05, 3.63) is 0 Å². The van der Waals surface area contributed by atoms with Crippen molar-refractivity contribution in [2.24, 2.45) is 0 Å². The maximum Gasteiger partial charge on any atom is 0.222 e. The second-order valence-electron chi connectivity index (χ2n) is 9.18. The molecule has 4 N–H and O–H groups in total. The van der Waals surface area contributed by atoms with Gasteiger partial charge < -0.3 is 30.6 Å². The van der Waals surface area contributed by atoms with Gasteiger partial charge in [-0.2, -0.15) is 54.0 Å². The van der Waals surface area contributed by atoms with Crippen LogP contribution in [0.25, 0.3) is 0 Å². The van der Waals surface area contributed by atoms with Gasteiger partial charge in [0.2, 0.25) is 23.6 Å². The summed E-state index contributed by atoms with van der Waals surface area (Å²) in [4.78, 5) is 46.0. The van der Waals surface area contributed by atoms with Gasteiger partial charge in [-0.3, -0.25) is 19.2 Å². The first-order chi connectivity index (χ1) is 16.2. The molecule has 38 heavy (non-hydrogen) atoms. The smallest absolute Gasteiger partial charge is 0.222 e. The summed E-state index contributed by atoms with van der Waals surface area (Å²) in [6.07, 6.45) is 8.54. The molecule has 4 heterocycles. The van der Waals surface area contributed by atoms with E-state index in [2.05, 4.69) is 24.5 Å². The van der Waals surface area contributed by atoms with Crippen LogP contribution in [-0.4, -0.2) is 95.1 Å². The zero-order chi connectivity index (χ0) is 25.7. The Bertz CT molecular complexity index is 636. The Balaban J connectivity index is -0.000000196. The standard InChI is InChI=1S/C7H13NO.C6H11NO2.C6H11NO.C5H9NO2.4H2S/c1-3-6-4-5-7(9)8(6)2;1-7-5(4-8)2-3-6(7)9;1-2-5-3-4-6(8)7-5;7-3-4-1-2-5(8)6-4;;;;/h6H,3-5H2,1-2H3;5,8H,2-4H2,1H3;5H,2-4H2,1H3,(H,7,8);4,7H,1-3H2,(H,6,8);4*1H2/t6-;2*5-;4-;;;;/m1010..../s1. The average molecular weight is 621 g/mol. The van der Waals surface area contributed by atoms with E-state index in [9.17, 15) is 19.2 Å². The molecule has 0 saturated carbocycles. The SMILES string of the molecule is CC[C@@H]1CCC(=O)N1.CC[C@@H]1CCC(=O)N1C.CN1C(=O)CC[C@H]1CO.O=C1CC[C@@H](CO)N1.S.S.S.S. The number of likely N-dealkylation sites (N-methyl/N-ethyl adjacent to an activating group) is 1. The Labute approximate surface area is 256 Å². The maximum absolute atomic E-state index is 10.9. The van der Waals surface area contributed by atoms with Gasteiger partial charge in [0.05, 0.1) is 25.3 Å². The third kappa shape index (κ3) is 15.7. The summed E-state index contributed by atoms with van der Waals surface area (Å²) in [7, 11) is 3.62. The van der Waals surface area contributed by atoms with E-state index >= 15 is 0 Å². The first-order valence-corrected chi connectivity index (χ1v) is 12.5. The van der Waals surface area contributed by atoms with Crippen LogP contribution in [0.5, 0.6) is 0 Å². The molecule has 228 valence electrons. The van der Waals surface area contributed by atoms with Crippen LogP contribution in [0.3, 0.4) is 0 Å². The highest BCUT2D eigenvalue weighted by molar-refractivity contribution is 7.59. The third-order valence-electron chi connectivity index (χ3n) is 6.83. The van der Waals surface area contributed by atoms with Crippen molar-refractivity contribution in [3.8, 4) is 0 Å². The van der Waals surface area contributed by atoms with Gasteiger partial charge in [-0.15, -0.1) is 0 Å². The Kier molecular flexibility index (Phi) is 28.0. The van der Waals surface area contributed by atoms with Crippen molar-refractivity contribution >= 4 is 77.6 Å². The number of carbonyl (C=O) groups excluding carboxylic acids is 4. The molecule has 0 bridgehead atoms. The van der Waals surface area contributed by atoms with Crippen LogP contribution in [0.2, 0.25) is 0 Å². The number of aliphatic hydroxyl groups excluding tert-OH is 2. The molecule has 4 saturated heterocycles. The van der Waals surface area contributed by atoms with Crippen LogP contribution in [0.4, 0.5) is 0 Å². The number of likely N-dealkylation sites (tertiary alicyclic amines) is 2. The summed E-state index contributed by atoms with van der Waals surface area (Å²) in [6.45, 7) is 4.39. The van der Waals surface area contributed by atoms with E-state index in [1.165, 1.54) is 0 Å². The van der Waals surface area contributed by atoms with Gasteiger partial charge in [0.15, 0.2) is 0 Å². The van der Waals surface area contributed by atoms with Gasteiger partial charge in [-0.1, -0.05) is 13.8 Å². The minimum absolute atomic E-state index is 0. The van der Waals surface area contributed by atoms with Crippen molar-refractivity contribution in [1.82, 2.24) is 20.4 Å². The van der Waals surface area contributed by atoms with Crippen molar-refractivity contribution in [2.75, 3.05) is 27.3 Å². The number of nitrogens with zero attached hydrogens (tertiary/aromatic N) is 2. The highest BCUT2D eigenvalue weighted by Gasteiger charge is 2.26. The molecule has 0 aromatic rings. The largest absolute Gasteiger partial charge is 0.394 e. The minimum atomic E-state index is 0. The Morgan fingerprint density at radius 1 is 0.632 bits per heavy atom. The van der Waals surface area contributed by atoms with Crippen LogP contribution < -0.4 is 10.6 Å². The van der Waals surface area contributed by atoms with Gasteiger partial charge in [0, 0.05) is 51.9 Å². The molecule has 4 aliphatic heterocycles. The van der Waals surface area contributed by atoms with Crippen LogP contribution in [0.1, 0.15) is 78.1 Å². The number of hydrogen-bond acceptors (Lipinski definition) is 6. The van der Waals surface area contributed by atoms with E-state index in [0.29, 0.717) is 30.8 Å². The molecule has 0 aromatic carbocycles. The highest BCUT2D eigenvalue weighted by atomic mass is 32.1. The highest BCUT2D eigenvalue weighted by Crippen LogP contribution is 2.18. The normalized spacial score (nSPS) is 24.9. The fourth-order valence-corrected chi connectivity index (χ4v) is 4.22. The Morgan fingerprint density at radius 3 is 1.21 bits per heavy atom. The summed E-state index contributed by atoms with van der Waals surface area (Å²) < 4.78 is 0. The lowest BCUT2D eigenvalue weighted by atomic mass is 10.2. The lowest BCUT2D eigenvalue weighted by molar-refractivity contribution is -0.128. The average Bonchev–Trinajstić information content (AvgIpc) is 3.61. The summed E-state index contributed by atoms with van der Waals surface area (Å²) in [5.41, 5.74) is 0. The molecule has 4 amide bonds. The van der Waals surface area contributed by atoms with E-state index in [1.807, 2.05) is 11.9 Å². The van der Waals surface area contributed by atoms with Crippen LogP contribution >= 0.6 is 54.0 Å². The molecule has 4 atom stereocenters. The van der Waals surface area contributed by atoms with Crippen molar-refractivity contribution in [2.45, 2.75) is 102 Å². The molecule has 4 fully saturated rings. The number of aliphatic hydroxyl groups is 2. The van der Waals surface area contributed by atoms with Gasteiger partial charge >= 0.3 is 0 Å². The monoisotopic (exact) mass is 620 g/mol. The second kappa shape index (κ2) is 24.0. The number of carbonyl (C=O) groups is 4. The number of hydrogen-bond donors (Lipinski definition) is 4. The summed E-state index contributed by atoms with van der Waals surface area (Å²) in [5.74, 6) is 0.733. The predicted molar refractivity (Wildman–Crippen MR) is 170 cm³/mol.